The van der Waals surface area contributed by atoms with Crippen LogP contribution in [0, 0.1) is 18.2 Å². The molecule has 0 bridgehead atoms. The molecule has 4 heteroatoms. The third-order valence-corrected chi connectivity index (χ3v) is 1.64. The van der Waals surface area contributed by atoms with Crippen molar-refractivity contribution in [2.75, 3.05) is 11.9 Å². The first-order valence-electron chi connectivity index (χ1n) is 4.46. The summed E-state index contributed by atoms with van der Waals surface area (Å²) in [4.78, 5) is 11.2. The fourth-order valence-electron chi connectivity index (χ4n) is 0.990. The van der Waals surface area contributed by atoms with Crippen LogP contribution in [0.4, 0.5) is 14.9 Å². The fraction of sp³-hybridized carbons (Fsp3) is 0.182. The van der Waals surface area contributed by atoms with Crippen LogP contribution >= 0.6 is 0 Å². The Labute approximate surface area is 87.7 Å². The van der Waals surface area contributed by atoms with Gasteiger partial charge in [0.2, 0.25) is 0 Å². The van der Waals surface area contributed by atoms with Gasteiger partial charge in [0.1, 0.15) is 5.82 Å². The molecule has 1 rings (SSSR count). The molecule has 0 unspecified atom stereocenters. The Kier molecular flexibility index (Phi) is 4.17. The van der Waals surface area contributed by atoms with Crippen LogP contribution in [-0.4, -0.2) is 12.6 Å². The smallest absolute Gasteiger partial charge is 0.319 e. The van der Waals surface area contributed by atoms with Gasteiger partial charge in [-0.2, -0.15) is 0 Å². The van der Waals surface area contributed by atoms with Gasteiger partial charge in [0, 0.05) is 18.7 Å². The highest BCUT2D eigenvalue weighted by Crippen LogP contribution is 2.08. The molecule has 15 heavy (non-hydrogen) atoms. The molecule has 2 amide bonds. The molecule has 0 aromatic heterocycles. The highest BCUT2D eigenvalue weighted by Gasteiger charge is 2.00. The molecule has 78 valence electrons. The molecule has 1 aromatic rings. The van der Waals surface area contributed by atoms with Crippen LogP contribution in [0.3, 0.4) is 0 Å². The van der Waals surface area contributed by atoms with E-state index in [1.54, 1.807) is 6.07 Å². The molecule has 3 nitrogen and oxygen atoms in total. The summed E-state index contributed by atoms with van der Waals surface area (Å²) < 4.78 is 12.7. The number of amides is 2. The standard InChI is InChI=1S/C11H11FN2O/c1-2-3-7-13-11(15)14-10-6-4-5-9(12)8-10/h1,4-6,8H,3,7H2,(H2,13,14,15). The predicted molar refractivity (Wildman–Crippen MR) is 56.9 cm³/mol. The highest BCUT2D eigenvalue weighted by molar-refractivity contribution is 5.89. The Bertz CT molecular complexity index is 384. The third kappa shape index (κ3) is 4.14. The Morgan fingerprint density at radius 3 is 3.00 bits per heavy atom. The molecule has 0 radical (unpaired) electrons. The number of carbonyl (C=O) groups excluding carboxylic acids is 1. The van der Waals surface area contributed by atoms with Gasteiger partial charge in [-0.05, 0) is 18.2 Å². The molecule has 1 aromatic carbocycles. The fourth-order valence-corrected chi connectivity index (χ4v) is 0.990. The molecule has 0 saturated carbocycles. The lowest BCUT2D eigenvalue weighted by Crippen LogP contribution is -2.29. The summed E-state index contributed by atoms with van der Waals surface area (Å²) in [7, 11) is 0. The van der Waals surface area contributed by atoms with Gasteiger partial charge in [-0.1, -0.05) is 6.07 Å². The van der Waals surface area contributed by atoms with Crippen LogP contribution in [0.2, 0.25) is 0 Å². The van der Waals surface area contributed by atoms with E-state index in [1.807, 2.05) is 0 Å². The molecule has 2 N–H and O–H groups in total. The zero-order valence-corrected chi connectivity index (χ0v) is 8.09. The van der Waals surface area contributed by atoms with Crippen molar-refractivity contribution in [3.8, 4) is 12.3 Å². The van der Waals surface area contributed by atoms with E-state index in [2.05, 4.69) is 16.6 Å². The maximum absolute atomic E-state index is 12.7. The largest absolute Gasteiger partial charge is 0.337 e. The average molecular weight is 206 g/mol. The van der Waals surface area contributed by atoms with E-state index in [0.717, 1.165) is 0 Å². The zero-order chi connectivity index (χ0) is 11.1. The molecule has 0 atom stereocenters. The van der Waals surface area contributed by atoms with Crippen LogP contribution in [0.25, 0.3) is 0 Å². The normalized spacial score (nSPS) is 9.07. The number of benzene rings is 1. The maximum atomic E-state index is 12.7. The molecule has 0 aliphatic rings. The molecule has 0 aliphatic carbocycles. The molecule has 0 spiro atoms. The van der Waals surface area contributed by atoms with Gasteiger partial charge in [0.25, 0.3) is 0 Å². The summed E-state index contributed by atoms with van der Waals surface area (Å²) in [5, 5.41) is 5.02. The van der Waals surface area contributed by atoms with E-state index in [9.17, 15) is 9.18 Å². The van der Waals surface area contributed by atoms with Gasteiger partial charge >= 0.3 is 6.03 Å². The Morgan fingerprint density at radius 1 is 1.53 bits per heavy atom. The summed E-state index contributed by atoms with van der Waals surface area (Å²) in [6.07, 6.45) is 5.48. The minimum Gasteiger partial charge on any atom is -0.337 e. The van der Waals surface area contributed by atoms with Gasteiger partial charge < -0.3 is 10.6 Å². The topological polar surface area (TPSA) is 41.1 Å². The van der Waals surface area contributed by atoms with Crippen molar-refractivity contribution in [1.82, 2.24) is 5.32 Å². The van der Waals surface area contributed by atoms with Crippen LogP contribution in [0.15, 0.2) is 24.3 Å². The van der Waals surface area contributed by atoms with Crippen LogP contribution in [-0.2, 0) is 0 Å². The average Bonchev–Trinajstić information content (AvgIpc) is 2.18. The van der Waals surface area contributed by atoms with Gasteiger partial charge in [0.05, 0.1) is 0 Å². The number of anilines is 1. The van der Waals surface area contributed by atoms with Crippen molar-refractivity contribution in [2.24, 2.45) is 0 Å². The van der Waals surface area contributed by atoms with E-state index >= 15 is 0 Å². The molecule has 0 saturated heterocycles. The highest BCUT2D eigenvalue weighted by atomic mass is 19.1. The first kappa shape index (κ1) is 11.1. The lowest BCUT2D eigenvalue weighted by Gasteiger charge is -2.05. The number of nitrogens with one attached hydrogen (secondary N) is 2. The van der Waals surface area contributed by atoms with Gasteiger partial charge in [-0.25, -0.2) is 9.18 Å². The lowest BCUT2D eigenvalue weighted by atomic mass is 10.3. The summed E-state index contributed by atoms with van der Waals surface area (Å²) in [5.41, 5.74) is 0.410. The zero-order valence-electron chi connectivity index (χ0n) is 8.09. The van der Waals surface area contributed by atoms with E-state index in [4.69, 9.17) is 6.42 Å². The molecule has 0 heterocycles. The van der Waals surface area contributed by atoms with E-state index in [0.29, 0.717) is 18.7 Å². The summed E-state index contributed by atoms with van der Waals surface area (Å²) >= 11 is 0. The molecule has 0 fully saturated rings. The summed E-state index contributed by atoms with van der Waals surface area (Å²) in [6, 6.07) is 5.27. The summed E-state index contributed by atoms with van der Waals surface area (Å²) in [5.74, 6) is 2.00. The van der Waals surface area contributed by atoms with Crippen molar-refractivity contribution in [3.05, 3.63) is 30.1 Å². The number of carbonyl (C=O) groups is 1. The van der Waals surface area contributed by atoms with Crippen molar-refractivity contribution in [1.29, 1.82) is 0 Å². The minimum atomic E-state index is -0.393. The first-order valence-corrected chi connectivity index (χ1v) is 4.46. The lowest BCUT2D eigenvalue weighted by molar-refractivity contribution is 0.252. The predicted octanol–water partition coefficient (Wildman–Crippen LogP) is 1.97. The van der Waals surface area contributed by atoms with E-state index in [-0.39, 0.29) is 0 Å². The summed E-state index contributed by atoms with van der Waals surface area (Å²) in [6.45, 7) is 0.400. The quantitative estimate of drug-likeness (QED) is 0.576. The number of halogens is 1. The third-order valence-electron chi connectivity index (χ3n) is 1.64. The number of urea groups is 1. The van der Waals surface area contributed by atoms with Crippen molar-refractivity contribution in [3.63, 3.8) is 0 Å². The SMILES string of the molecule is C#CCCNC(=O)Nc1cccc(F)c1. The maximum Gasteiger partial charge on any atom is 0.319 e. The minimum absolute atomic E-state index is 0.392. The number of hydrogen-bond acceptors (Lipinski definition) is 1. The van der Waals surface area contributed by atoms with Crippen LogP contribution in [0.5, 0.6) is 0 Å². The Balaban J connectivity index is 2.42. The van der Waals surface area contributed by atoms with E-state index < -0.39 is 11.8 Å². The van der Waals surface area contributed by atoms with Crippen molar-refractivity contribution >= 4 is 11.7 Å². The molecule has 0 aliphatic heterocycles. The first-order chi connectivity index (χ1) is 7.22. The van der Waals surface area contributed by atoms with Crippen molar-refractivity contribution < 1.29 is 9.18 Å². The number of terminal acetylenes is 1. The van der Waals surface area contributed by atoms with Crippen molar-refractivity contribution in [2.45, 2.75) is 6.42 Å². The number of rotatable bonds is 3. The van der Waals surface area contributed by atoms with E-state index in [1.165, 1.54) is 18.2 Å². The van der Waals surface area contributed by atoms with Gasteiger partial charge in [0.15, 0.2) is 0 Å². The Morgan fingerprint density at radius 2 is 2.33 bits per heavy atom. The van der Waals surface area contributed by atoms with Crippen LogP contribution in [0.1, 0.15) is 6.42 Å². The number of hydrogen-bond donors (Lipinski definition) is 2. The van der Waals surface area contributed by atoms with Gasteiger partial charge in [-0.3, -0.25) is 0 Å². The second-order valence-corrected chi connectivity index (χ2v) is 2.85. The van der Waals surface area contributed by atoms with Crippen LogP contribution < -0.4 is 10.6 Å². The van der Waals surface area contributed by atoms with Gasteiger partial charge in [-0.15, -0.1) is 12.3 Å². The molecular formula is C11H11FN2O. The second kappa shape index (κ2) is 5.66. The second-order valence-electron chi connectivity index (χ2n) is 2.85. The molecular weight excluding hydrogens is 195 g/mol. The monoisotopic (exact) mass is 206 g/mol. The Hall–Kier alpha value is -2.02.